The Morgan fingerprint density at radius 1 is 1.12 bits per heavy atom. The van der Waals surface area contributed by atoms with E-state index in [0.29, 0.717) is 6.04 Å². The summed E-state index contributed by atoms with van der Waals surface area (Å²) in [6.45, 7) is 3.34. The number of benzene rings is 1. The average molecular weight is 318 g/mol. The smallest absolute Gasteiger partial charge is 0.226 e. The molecule has 1 fully saturated rings. The molecular weight excluding hydrogens is 296 g/mol. The molecule has 4 heteroatoms. The third-order valence-corrected chi connectivity index (χ3v) is 5.66. The summed E-state index contributed by atoms with van der Waals surface area (Å²) >= 11 is 0. The van der Waals surface area contributed by atoms with Crippen molar-refractivity contribution in [2.45, 2.75) is 38.6 Å². The lowest BCUT2D eigenvalue weighted by atomic mass is 10.0. The zero-order valence-electron chi connectivity index (χ0n) is 14.3. The fraction of sp³-hybridized carbons (Fsp3) is 0.400. The van der Waals surface area contributed by atoms with Crippen LogP contribution in [0.2, 0.25) is 0 Å². The molecule has 0 saturated carbocycles. The van der Waals surface area contributed by atoms with Gasteiger partial charge in [-0.25, -0.2) is 9.97 Å². The van der Waals surface area contributed by atoms with Gasteiger partial charge in [-0.2, -0.15) is 0 Å². The van der Waals surface area contributed by atoms with Gasteiger partial charge in [0.1, 0.15) is 0 Å². The Morgan fingerprint density at radius 3 is 2.83 bits per heavy atom. The molecule has 3 aromatic rings. The Balaban J connectivity index is 1.67. The van der Waals surface area contributed by atoms with Gasteiger partial charge in [0.2, 0.25) is 5.95 Å². The number of fused-ring (bicyclic) bond motifs is 2. The molecule has 1 aromatic carbocycles. The van der Waals surface area contributed by atoms with Crippen LogP contribution in [0.3, 0.4) is 0 Å². The van der Waals surface area contributed by atoms with Crippen LogP contribution in [0.1, 0.15) is 31.0 Å². The SMILES string of the molecule is C[C@H]1CCN1c1nc2c(c(-c3ccc4c(ccn4C)c3)n1)CCC2. The Kier molecular flexibility index (Phi) is 2.96. The first-order valence-corrected chi connectivity index (χ1v) is 8.92. The molecule has 122 valence electrons. The maximum atomic E-state index is 5.01. The molecule has 0 bridgehead atoms. The number of rotatable bonds is 2. The lowest BCUT2D eigenvalue weighted by molar-refractivity contribution is 0.470. The first-order valence-electron chi connectivity index (χ1n) is 8.92. The average Bonchev–Trinajstić information content (AvgIpc) is 3.19. The second-order valence-corrected chi connectivity index (χ2v) is 7.18. The van der Waals surface area contributed by atoms with Crippen molar-refractivity contribution in [3.05, 3.63) is 41.7 Å². The van der Waals surface area contributed by atoms with Gasteiger partial charge in [0, 0.05) is 53.6 Å². The monoisotopic (exact) mass is 318 g/mol. The molecule has 5 rings (SSSR count). The topological polar surface area (TPSA) is 34.0 Å². The Labute approximate surface area is 142 Å². The summed E-state index contributed by atoms with van der Waals surface area (Å²) in [5.41, 5.74) is 6.27. The Bertz CT molecular complexity index is 940. The number of nitrogens with zero attached hydrogens (tertiary/aromatic N) is 4. The zero-order chi connectivity index (χ0) is 16.3. The number of hydrogen-bond acceptors (Lipinski definition) is 3. The minimum Gasteiger partial charge on any atom is -0.351 e. The quantitative estimate of drug-likeness (QED) is 0.722. The van der Waals surface area contributed by atoms with E-state index in [-0.39, 0.29) is 0 Å². The minimum absolute atomic E-state index is 0.564. The van der Waals surface area contributed by atoms with Gasteiger partial charge in [-0.15, -0.1) is 0 Å². The standard InChI is InChI=1S/C20H22N4/c1-13-8-11-24(13)20-21-17-5-3-4-16(17)19(22-20)15-6-7-18-14(12-15)9-10-23(18)2/h6-7,9-10,12-13H,3-5,8,11H2,1-2H3/t13-/m0/s1. The van der Waals surface area contributed by atoms with Crippen molar-refractivity contribution in [3.63, 3.8) is 0 Å². The minimum atomic E-state index is 0.564. The van der Waals surface area contributed by atoms with Gasteiger partial charge in [0.25, 0.3) is 0 Å². The summed E-state index contributed by atoms with van der Waals surface area (Å²) in [6, 6.07) is 9.44. The Hall–Kier alpha value is -2.36. The molecule has 0 unspecified atom stereocenters. The Morgan fingerprint density at radius 2 is 2.04 bits per heavy atom. The van der Waals surface area contributed by atoms with Crippen LogP contribution in [0.5, 0.6) is 0 Å². The van der Waals surface area contributed by atoms with Crippen LogP contribution in [0.25, 0.3) is 22.2 Å². The molecule has 1 aliphatic heterocycles. The first kappa shape index (κ1) is 14.0. The summed E-state index contributed by atoms with van der Waals surface area (Å²) in [4.78, 5) is 12.2. The fourth-order valence-corrected chi connectivity index (χ4v) is 4.03. The van der Waals surface area contributed by atoms with Gasteiger partial charge in [-0.1, -0.05) is 6.07 Å². The highest BCUT2D eigenvalue weighted by Crippen LogP contribution is 2.35. The van der Waals surface area contributed by atoms with Gasteiger partial charge in [0.05, 0.1) is 5.69 Å². The van der Waals surface area contributed by atoms with E-state index in [4.69, 9.17) is 9.97 Å². The largest absolute Gasteiger partial charge is 0.351 e. The second-order valence-electron chi connectivity index (χ2n) is 7.18. The fourth-order valence-electron chi connectivity index (χ4n) is 4.03. The van der Waals surface area contributed by atoms with E-state index in [2.05, 4.69) is 53.9 Å². The predicted octanol–water partition coefficient (Wildman–Crippen LogP) is 3.72. The predicted molar refractivity (Wildman–Crippen MR) is 97.4 cm³/mol. The van der Waals surface area contributed by atoms with E-state index in [9.17, 15) is 0 Å². The zero-order valence-corrected chi connectivity index (χ0v) is 14.3. The first-order chi connectivity index (χ1) is 11.7. The number of hydrogen-bond donors (Lipinski definition) is 0. The van der Waals surface area contributed by atoms with Crippen LogP contribution < -0.4 is 4.90 Å². The van der Waals surface area contributed by atoms with Crippen molar-refractivity contribution < 1.29 is 0 Å². The van der Waals surface area contributed by atoms with Gasteiger partial charge >= 0.3 is 0 Å². The van der Waals surface area contributed by atoms with Crippen molar-refractivity contribution in [1.82, 2.24) is 14.5 Å². The molecule has 1 atom stereocenters. The van der Waals surface area contributed by atoms with E-state index in [1.165, 1.54) is 40.6 Å². The number of aromatic nitrogens is 3. The van der Waals surface area contributed by atoms with Gasteiger partial charge in [0.15, 0.2) is 0 Å². The normalized spacial score (nSPS) is 19.6. The van der Waals surface area contributed by atoms with E-state index in [0.717, 1.165) is 31.0 Å². The lowest BCUT2D eigenvalue weighted by Crippen LogP contribution is -2.46. The molecule has 0 radical (unpaired) electrons. The lowest BCUT2D eigenvalue weighted by Gasteiger charge is -2.39. The molecule has 0 amide bonds. The van der Waals surface area contributed by atoms with Gasteiger partial charge < -0.3 is 9.47 Å². The van der Waals surface area contributed by atoms with Gasteiger partial charge in [-0.3, -0.25) is 0 Å². The summed E-state index contributed by atoms with van der Waals surface area (Å²) in [7, 11) is 2.09. The molecule has 0 N–H and O–H groups in total. The maximum absolute atomic E-state index is 5.01. The maximum Gasteiger partial charge on any atom is 0.226 e. The summed E-state index contributed by atoms with van der Waals surface area (Å²) < 4.78 is 2.16. The van der Waals surface area contributed by atoms with Crippen LogP contribution in [-0.4, -0.2) is 27.1 Å². The number of anilines is 1. The molecule has 2 aliphatic rings. The van der Waals surface area contributed by atoms with Crippen LogP contribution in [-0.2, 0) is 19.9 Å². The van der Waals surface area contributed by atoms with Crippen molar-refractivity contribution in [2.24, 2.45) is 7.05 Å². The molecule has 1 saturated heterocycles. The highest BCUT2D eigenvalue weighted by atomic mass is 15.3. The van der Waals surface area contributed by atoms with Crippen molar-refractivity contribution in [3.8, 4) is 11.3 Å². The summed E-state index contributed by atoms with van der Waals surface area (Å²) in [6.07, 6.45) is 6.75. The van der Waals surface area contributed by atoms with Crippen LogP contribution in [0.15, 0.2) is 30.5 Å². The van der Waals surface area contributed by atoms with E-state index in [1.807, 2.05) is 0 Å². The highest BCUT2D eigenvalue weighted by molar-refractivity contribution is 5.85. The third kappa shape index (κ3) is 1.98. The summed E-state index contributed by atoms with van der Waals surface area (Å²) in [5.74, 6) is 0.928. The molecule has 1 aliphatic carbocycles. The van der Waals surface area contributed by atoms with E-state index >= 15 is 0 Å². The van der Waals surface area contributed by atoms with Crippen LogP contribution >= 0.6 is 0 Å². The van der Waals surface area contributed by atoms with Crippen molar-refractivity contribution in [1.29, 1.82) is 0 Å². The molecule has 24 heavy (non-hydrogen) atoms. The van der Waals surface area contributed by atoms with E-state index in [1.54, 1.807) is 0 Å². The molecule has 2 aromatic heterocycles. The van der Waals surface area contributed by atoms with Crippen molar-refractivity contribution in [2.75, 3.05) is 11.4 Å². The van der Waals surface area contributed by atoms with Crippen molar-refractivity contribution >= 4 is 16.9 Å². The number of aryl methyl sites for hydroxylation is 2. The molecule has 3 heterocycles. The van der Waals surface area contributed by atoms with E-state index < -0.39 is 0 Å². The molecule has 0 spiro atoms. The van der Waals surface area contributed by atoms with Gasteiger partial charge in [-0.05, 0) is 50.8 Å². The molecule has 4 nitrogen and oxygen atoms in total. The third-order valence-electron chi connectivity index (χ3n) is 5.66. The summed E-state index contributed by atoms with van der Waals surface area (Å²) in [5, 5.41) is 1.28. The van der Waals surface area contributed by atoms with Crippen LogP contribution in [0.4, 0.5) is 5.95 Å². The van der Waals surface area contributed by atoms with Crippen LogP contribution in [0, 0.1) is 0 Å². The second kappa shape index (κ2) is 5.07. The highest BCUT2D eigenvalue weighted by Gasteiger charge is 2.29. The molecular formula is C20H22N4.